The smallest absolute Gasteiger partial charge is 0.274 e. The normalized spacial score (nSPS) is 31.9. The lowest BCUT2D eigenvalue weighted by molar-refractivity contribution is 0.0579. The van der Waals surface area contributed by atoms with Gasteiger partial charge in [-0.1, -0.05) is 11.6 Å². The SMILES string of the molecule is [2H]C([2H])([2H])C1(O)CC2CC(c3ncn(C)c3C(=O)Nc3ccc(F)c(Cl)c3)CC2C1. The summed E-state index contributed by atoms with van der Waals surface area (Å²) in [5.74, 6) is -0.738. The van der Waals surface area contributed by atoms with Crippen LogP contribution >= 0.6 is 11.6 Å². The van der Waals surface area contributed by atoms with Crippen molar-refractivity contribution in [3.8, 4) is 0 Å². The number of aliphatic hydroxyl groups is 1. The Labute approximate surface area is 166 Å². The molecule has 2 N–H and O–H groups in total. The topological polar surface area (TPSA) is 67.2 Å². The fraction of sp³-hybridized carbons (Fsp3) is 0.500. The van der Waals surface area contributed by atoms with E-state index in [9.17, 15) is 14.3 Å². The molecule has 0 radical (unpaired) electrons. The number of fused-ring (bicyclic) bond motifs is 1. The summed E-state index contributed by atoms with van der Waals surface area (Å²) >= 11 is 5.79. The summed E-state index contributed by atoms with van der Waals surface area (Å²) in [6.07, 6.45) is 3.43. The summed E-state index contributed by atoms with van der Waals surface area (Å²) < 4.78 is 37.9. The number of imidazole rings is 1. The Morgan fingerprint density at radius 1 is 1.44 bits per heavy atom. The highest BCUT2D eigenvalue weighted by Gasteiger charge is 2.47. The van der Waals surface area contributed by atoms with Gasteiger partial charge in [0.05, 0.1) is 22.6 Å². The van der Waals surface area contributed by atoms with Crippen LogP contribution in [0.2, 0.25) is 5.02 Å². The molecule has 1 aromatic carbocycles. The molecule has 1 aromatic heterocycles. The van der Waals surface area contributed by atoms with E-state index in [1.807, 2.05) is 0 Å². The number of hydrogen-bond acceptors (Lipinski definition) is 3. The van der Waals surface area contributed by atoms with Crippen LogP contribution in [0.1, 0.15) is 58.7 Å². The lowest BCUT2D eigenvalue weighted by Crippen LogP contribution is -2.21. The highest BCUT2D eigenvalue weighted by Crippen LogP contribution is 2.53. The van der Waals surface area contributed by atoms with Crippen LogP contribution in [-0.2, 0) is 7.05 Å². The van der Waals surface area contributed by atoms with Crippen molar-refractivity contribution >= 4 is 23.2 Å². The second-order valence-electron chi connectivity index (χ2n) is 7.80. The molecule has 27 heavy (non-hydrogen) atoms. The number of amides is 1. The van der Waals surface area contributed by atoms with Crippen LogP contribution in [0.15, 0.2) is 24.5 Å². The summed E-state index contributed by atoms with van der Waals surface area (Å²) in [6, 6.07) is 3.97. The molecular weight excluding hydrogens is 369 g/mol. The number of benzene rings is 1. The van der Waals surface area contributed by atoms with Crippen molar-refractivity contribution in [3.05, 3.63) is 46.8 Å². The molecule has 2 aliphatic carbocycles. The van der Waals surface area contributed by atoms with Crippen LogP contribution in [0.25, 0.3) is 0 Å². The van der Waals surface area contributed by atoms with Gasteiger partial charge in [0.1, 0.15) is 11.5 Å². The van der Waals surface area contributed by atoms with Gasteiger partial charge in [0.2, 0.25) is 0 Å². The van der Waals surface area contributed by atoms with Gasteiger partial charge in [0.15, 0.2) is 0 Å². The molecule has 1 amide bonds. The molecule has 2 aliphatic rings. The number of rotatable bonds is 3. The van der Waals surface area contributed by atoms with Crippen LogP contribution in [0.5, 0.6) is 0 Å². The van der Waals surface area contributed by atoms with Gasteiger partial charge < -0.3 is 15.0 Å². The first-order valence-corrected chi connectivity index (χ1v) is 9.36. The Morgan fingerprint density at radius 3 is 2.78 bits per heavy atom. The third-order valence-electron chi connectivity index (χ3n) is 5.79. The Morgan fingerprint density at radius 2 is 2.15 bits per heavy atom. The van der Waals surface area contributed by atoms with Crippen molar-refractivity contribution < 1.29 is 18.4 Å². The first-order valence-electron chi connectivity index (χ1n) is 10.5. The first kappa shape index (κ1) is 15.1. The molecule has 7 heteroatoms. The van der Waals surface area contributed by atoms with Gasteiger partial charge >= 0.3 is 0 Å². The van der Waals surface area contributed by atoms with Crippen LogP contribution in [0.4, 0.5) is 10.1 Å². The molecule has 5 nitrogen and oxygen atoms in total. The van der Waals surface area contributed by atoms with Crippen LogP contribution in [0.3, 0.4) is 0 Å². The molecule has 4 rings (SSSR count). The first-order chi connectivity index (χ1) is 14.0. The molecule has 2 saturated carbocycles. The number of carbonyl (C=O) groups is 1. The summed E-state index contributed by atoms with van der Waals surface area (Å²) in [7, 11) is 1.73. The monoisotopic (exact) mass is 394 g/mol. The fourth-order valence-electron chi connectivity index (χ4n) is 4.67. The van der Waals surface area contributed by atoms with Crippen molar-refractivity contribution in [2.75, 3.05) is 5.32 Å². The molecule has 0 aliphatic heterocycles. The van der Waals surface area contributed by atoms with E-state index in [1.165, 1.54) is 18.2 Å². The van der Waals surface area contributed by atoms with E-state index in [1.54, 1.807) is 17.9 Å². The Balaban J connectivity index is 1.51. The number of hydrogen-bond donors (Lipinski definition) is 2. The Hall–Kier alpha value is -1.92. The van der Waals surface area contributed by atoms with Gasteiger partial charge in [0.25, 0.3) is 5.91 Å². The lowest BCUT2D eigenvalue weighted by Gasteiger charge is -2.19. The molecule has 0 spiro atoms. The Bertz CT molecular complexity index is 980. The number of carbonyl (C=O) groups excluding carboxylic acids is 1. The number of nitrogens with one attached hydrogen (secondary N) is 1. The summed E-state index contributed by atoms with van der Waals surface area (Å²) in [6.45, 7) is -2.39. The van der Waals surface area contributed by atoms with Crippen molar-refractivity contribution in [2.24, 2.45) is 18.9 Å². The third-order valence-corrected chi connectivity index (χ3v) is 6.08. The van der Waals surface area contributed by atoms with Crippen molar-refractivity contribution in [1.82, 2.24) is 9.55 Å². The standard InChI is InChI=1S/C20H23ClFN3O2/c1-20(27)8-12-5-11(6-13(12)9-20)17-18(25(2)10-23-17)19(26)24-14-3-4-16(22)15(21)7-14/h3-4,7,10-13,27H,5-6,8-9H2,1-2H3,(H,24,26)/i1D3. The van der Waals surface area contributed by atoms with E-state index in [-0.39, 0.29) is 41.5 Å². The van der Waals surface area contributed by atoms with Crippen molar-refractivity contribution in [3.63, 3.8) is 0 Å². The molecule has 0 bridgehead atoms. The largest absolute Gasteiger partial charge is 0.390 e. The summed E-state index contributed by atoms with van der Waals surface area (Å²) in [5, 5.41) is 13.2. The van der Waals surface area contributed by atoms with E-state index in [0.29, 0.717) is 29.9 Å². The minimum Gasteiger partial charge on any atom is -0.390 e. The van der Waals surface area contributed by atoms with E-state index in [4.69, 9.17) is 15.7 Å². The Kier molecular flexibility index (Phi) is 3.68. The highest BCUT2D eigenvalue weighted by atomic mass is 35.5. The zero-order chi connectivity index (χ0) is 21.8. The molecule has 0 saturated heterocycles. The molecular formula is C20H23ClFN3O2. The number of nitrogens with zero attached hydrogens (tertiary/aromatic N) is 2. The molecule has 2 fully saturated rings. The van der Waals surface area contributed by atoms with E-state index in [0.717, 1.165) is 0 Å². The maximum Gasteiger partial charge on any atom is 0.274 e. The minimum absolute atomic E-state index is 0.0138. The predicted molar refractivity (Wildman–Crippen MR) is 101 cm³/mol. The fourth-order valence-corrected chi connectivity index (χ4v) is 4.85. The van der Waals surface area contributed by atoms with Gasteiger partial charge in [0, 0.05) is 22.8 Å². The van der Waals surface area contributed by atoms with Crippen molar-refractivity contribution in [2.45, 2.75) is 44.1 Å². The van der Waals surface area contributed by atoms with Gasteiger partial charge in [-0.15, -0.1) is 0 Å². The minimum atomic E-state index is -2.39. The maximum absolute atomic E-state index is 13.4. The number of halogens is 2. The number of aryl methyl sites for hydroxylation is 1. The van der Waals surface area contributed by atoms with E-state index < -0.39 is 18.3 Å². The van der Waals surface area contributed by atoms with E-state index >= 15 is 0 Å². The van der Waals surface area contributed by atoms with Gasteiger partial charge in [-0.05, 0) is 62.6 Å². The van der Waals surface area contributed by atoms with Crippen LogP contribution < -0.4 is 5.32 Å². The zero-order valence-electron chi connectivity index (χ0n) is 17.9. The predicted octanol–water partition coefficient (Wildman–Crippen LogP) is 4.12. The lowest BCUT2D eigenvalue weighted by atomic mass is 9.93. The quantitative estimate of drug-likeness (QED) is 0.822. The molecule has 144 valence electrons. The molecule has 2 unspecified atom stereocenters. The summed E-state index contributed by atoms with van der Waals surface area (Å²) in [4.78, 5) is 17.4. The zero-order valence-corrected chi connectivity index (χ0v) is 15.6. The van der Waals surface area contributed by atoms with E-state index in [2.05, 4.69) is 10.3 Å². The van der Waals surface area contributed by atoms with Crippen LogP contribution in [-0.4, -0.2) is 26.2 Å². The maximum atomic E-state index is 13.4. The number of anilines is 1. The van der Waals surface area contributed by atoms with Gasteiger partial charge in [-0.3, -0.25) is 4.79 Å². The average molecular weight is 395 g/mol. The summed E-state index contributed by atoms with van der Waals surface area (Å²) in [5.41, 5.74) is -0.175. The second kappa shape index (κ2) is 6.60. The van der Waals surface area contributed by atoms with Gasteiger partial charge in [-0.2, -0.15) is 0 Å². The third kappa shape index (κ3) is 3.48. The molecule has 2 atom stereocenters. The average Bonchev–Trinajstić information content (AvgIpc) is 3.28. The van der Waals surface area contributed by atoms with Gasteiger partial charge in [-0.25, -0.2) is 9.37 Å². The second-order valence-corrected chi connectivity index (χ2v) is 8.21. The number of aromatic nitrogens is 2. The highest BCUT2D eigenvalue weighted by molar-refractivity contribution is 6.31. The molecule has 2 aromatic rings. The molecule has 1 heterocycles. The van der Waals surface area contributed by atoms with Crippen molar-refractivity contribution in [1.29, 1.82) is 0 Å². The van der Waals surface area contributed by atoms with Crippen LogP contribution in [0, 0.1) is 17.7 Å².